The first-order valence-corrected chi connectivity index (χ1v) is 21.9. The van der Waals surface area contributed by atoms with Crippen molar-refractivity contribution >= 4 is 75.3 Å². The molecule has 0 unspecified atom stereocenters. The van der Waals surface area contributed by atoms with Gasteiger partial charge in [0, 0.05) is 69.7 Å². The summed E-state index contributed by atoms with van der Waals surface area (Å²) in [5.41, 5.74) is 12.3. The summed E-state index contributed by atoms with van der Waals surface area (Å²) in [5, 5.41) is 7.00. The Kier molecular flexibility index (Phi) is 8.01. The topological polar surface area (TPSA) is 56.7 Å². The van der Waals surface area contributed by atoms with E-state index in [9.17, 15) is 0 Å². The van der Waals surface area contributed by atoms with E-state index in [1.165, 1.54) is 42.0 Å². The van der Waals surface area contributed by atoms with Crippen molar-refractivity contribution in [3.05, 3.63) is 206 Å². The Bertz CT molecular complexity index is 3860. The van der Waals surface area contributed by atoms with Crippen molar-refractivity contribution in [2.75, 3.05) is 0 Å². The molecule has 294 valence electrons. The van der Waals surface area contributed by atoms with E-state index in [2.05, 4.69) is 174 Å². The van der Waals surface area contributed by atoms with Gasteiger partial charge in [-0.15, -0.1) is 11.3 Å². The van der Waals surface area contributed by atoms with Crippen molar-refractivity contribution in [3.8, 4) is 62.1 Å². The number of hydrogen-bond acceptors (Lipinski definition) is 5. The molecule has 6 heteroatoms. The second-order valence-electron chi connectivity index (χ2n) is 15.9. The van der Waals surface area contributed by atoms with Gasteiger partial charge in [0.05, 0.1) is 11.0 Å². The average Bonchev–Trinajstić information content (AvgIpc) is 4.03. The van der Waals surface area contributed by atoms with Gasteiger partial charge in [0.15, 0.2) is 17.5 Å². The summed E-state index contributed by atoms with van der Waals surface area (Å²) in [6.45, 7) is 0. The molecule has 0 atom stereocenters. The maximum Gasteiger partial charge on any atom is 0.164 e. The molecule has 0 saturated carbocycles. The van der Waals surface area contributed by atoms with Crippen LogP contribution in [0.3, 0.4) is 0 Å². The summed E-state index contributed by atoms with van der Waals surface area (Å²) < 4.78 is 11.1. The fraction of sp³-hybridized carbons (Fsp3) is 0. The van der Waals surface area contributed by atoms with E-state index in [1.807, 2.05) is 47.7 Å². The molecule has 13 aromatic rings. The minimum atomic E-state index is 0.593. The lowest BCUT2D eigenvalue weighted by molar-refractivity contribution is 0.669. The van der Waals surface area contributed by atoms with Crippen molar-refractivity contribution in [3.63, 3.8) is 0 Å². The van der Waals surface area contributed by atoms with E-state index in [4.69, 9.17) is 19.4 Å². The number of rotatable bonds is 6. The van der Waals surface area contributed by atoms with Gasteiger partial charge in [0.25, 0.3) is 0 Å². The molecular weight excluding hydrogens is 789 g/mol. The van der Waals surface area contributed by atoms with Gasteiger partial charge >= 0.3 is 0 Å². The zero-order valence-corrected chi connectivity index (χ0v) is 34.6. The third-order valence-electron chi connectivity index (χ3n) is 12.3. The molecule has 13 rings (SSSR count). The largest absolute Gasteiger partial charge is 0.456 e. The number of thiophene rings is 1. The van der Waals surface area contributed by atoms with Crippen LogP contribution in [0.25, 0.3) is 126 Å². The maximum atomic E-state index is 6.23. The lowest BCUT2D eigenvalue weighted by Gasteiger charge is -2.15. The Morgan fingerprint density at radius 3 is 1.68 bits per heavy atom. The lowest BCUT2D eigenvalue weighted by Crippen LogP contribution is -2.01. The van der Waals surface area contributed by atoms with Crippen LogP contribution in [-0.2, 0) is 0 Å². The molecule has 0 spiro atoms. The molecule has 63 heavy (non-hydrogen) atoms. The summed E-state index contributed by atoms with van der Waals surface area (Å²) in [4.78, 5) is 15.9. The zero-order chi connectivity index (χ0) is 41.4. The standard InChI is InChI=1S/C57H34N4OS/c1-2-14-35(15-3-1)36-26-28-37(29-27-36)55-58-56(38-30-31-52-46(32-38)43-19-8-12-24-51(43)62-52)60-57(59-55)45-21-5-4-16-40(45)47-33-39(34-48-44-20-9-13-25-53(44)63-54(47)48)61-49-22-10-6-17-41(49)42-18-7-11-23-50(42)61/h1-34H. The third-order valence-corrected chi connectivity index (χ3v) is 13.5. The minimum Gasteiger partial charge on any atom is -0.456 e. The molecule has 0 radical (unpaired) electrons. The number of furan rings is 1. The van der Waals surface area contributed by atoms with Crippen molar-refractivity contribution in [1.29, 1.82) is 0 Å². The van der Waals surface area contributed by atoms with Gasteiger partial charge in [-0.2, -0.15) is 0 Å². The molecular formula is C57H34N4OS. The third kappa shape index (κ3) is 5.80. The highest BCUT2D eigenvalue weighted by molar-refractivity contribution is 7.26. The van der Waals surface area contributed by atoms with Gasteiger partial charge in [0.1, 0.15) is 11.2 Å². The molecule has 5 nitrogen and oxygen atoms in total. The first-order valence-electron chi connectivity index (χ1n) is 21.1. The number of para-hydroxylation sites is 3. The Morgan fingerprint density at radius 2 is 0.905 bits per heavy atom. The van der Waals surface area contributed by atoms with E-state index in [0.29, 0.717) is 17.5 Å². The molecule has 9 aromatic carbocycles. The number of hydrogen-bond donors (Lipinski definition) is 0. The quantitative estimate of drug-likeness (QED) is 0.168. The summed E-state index contributed by atoms with van der Waals surface area (Å²) in [5.74, 6) is 1.80. The Morgan fingerprint density at radius 1 is 0.349 bits per heavy atom. The van der Waals surface area contributed by atoms with Crippen LogP contribution >= 0.6 is 11.3 Å². The average molecular weight is 823 g/mol. The minimum absolute atomic E-state index is 0.593. The van der Waals surface area contributed by atoms with E-state index in [1.54, 1.807) is 0 Å². The highest BCUT2D eigenvalue weighted by Crippen LogP contribution is 2.45. The van der Waals surface area contributed by atoms with Gasteiger partial charge < -0.3 is 8.98 Å². The predicted octanol–water partition coefficient (Wildman–Crippen LogP) is 15.6. The van der Waals surface area contributed by atoms with Crippen LogP contribution in [0, 0.1) is 0 Å². The van der Waals surface area contributed by atoms with Crippen LogP contribution in [0.15, 0.2) is 211 Å². The molecule has 0 aliphatic carbocycles. The maximum absolute atomic E-state index is 6.23. The zero-order valence-electron chi connectivity index (χ0n) is 33.7. The van der Waals surface area contributed by atoms with Crippen molar-refractivity contribution in [1.82, 2.24) is 19.5 Å². The SMILES string of the molecule is c1ccc(-c2ccc(-c3nc(-c4ccc5oc6ccccc6c5c4)nc(-c4ccccc4-c4cc(-n5c6ccccc6c6ccccc65)cc5c4sc4ccccc45)n3)cc2)cc1. The first-order chi connectivity index (χ1) is 31.2. The first kappa shape index (κ1) is 35.6. The molecule has 0 bridgehead atoms. The van der Waals surface area contributed by atoms with E-state index in [-0.39, 0.29) is 0 Å². The van der Waals surface area contributed by atoms with Crippen LogP contribution in [0.2, 0.25) is 0 Å². The monoisotopic (exact) mass is 822 g/mol. The van der Waals surface area contributed by atoms with Crippen LogP contribution in [-0.4, -0.2) is 19.5 Å². The summed E-state index contributed by atoms with van der Waals surface area (Å²) >= 11 is 1.83. The molecule has 0 aliphatic rings. The number of aromatic nitrogens is 4. The molecule has 0 fully saturated rings. The summed E-state index contributed by atoms with van der Waals surface area (Å²) in [6, 6.07) is 72.7. The van der Waals surface area contributed by atoms with E-state index in [0.717, 1.165) is 66.6 Å². The van der Waals surface area contributed by atoms with Gasteiger partial charge in [-0.1, -0.05) is 152 Å². The molecule has 0 saturated heterocycles. The predicted molar refractivity (Wildman–Crippen MR) is 262 cm³/mol. The fourth-order valence-corrected chi connectivity index (χ4v) is 10.5. The Labute approximate surface area is 365 Å². The van der Waals surface area contributed by atoms with Crippen molar-refractivity contribution < 1.29 is 4.42 Å². The van der Waals surface area contributed by atoms with Crippen molar-refractivity contribution in [2.45, 2.75) is 0 Å². The van der Waals surface area contributed by atoms with Crippen LogP contribution in [0.4, 0.5) is 0 Å². The van der Waals surface area contributed by atoms with Crippen LogP contribution in [0.1, 0.15) is 0 Å². The number of benzene rings is 9. The molecule has 0 N–H and O–H groups in total. The van der Waals surface area contributed by atoms with Gasteiger partial charge in [0.2, 0.25) is 0 Å². The summed E-state index contributed by atoms with van der Waals surface area (Å²) in [6.07, 6.45) is 0. The normalized spacial score (nSPS) is 11.8. The molecule has 4 aromatic heterocycles. The Balaban J connectivity index is 1.05. The van der Waals surface area contributed by atoms with Gasteiger partial charge in [-0.25, -0.2) is 15.0 Å². The second kappa shape index (κ2) is 14.2. The Hall–Kier alpha value is -8.19. The van der Waals surface area contributed by atoms with Gasteiger partial charge in [-0.05, 0) is 71.3 Å². The van der Waals surface area contributed by atoms with Crippen molar-refractivity contribution in [2.24, 2.45) is 0 Å². The van der Waals surface area contributed by atoms with Crippen LogP contribution in [0.5, 0.6) is 0 Å². The highest BCUT2D eigenvalue weighted by Gasteiger charge is 2.22. The van der Waals surface area contributed by atoms with Crippen LogP contribution < -0.4 is 0 Å². The lowest BCUT2D eigenvalue weighted by atomic mass is 9.96. The molecule has 4 heterocycles. The highest BCUT2D eigenvalue weighted by atomic mass is 32.1. The number of fused-ring (bicyclic) bond motifs is 9. The summed E-state index contributed by atoms with van der Waals surface area (Å²) in [7, 11) is 0. The number of nitrogens with zero attached hydrogens (tertiary/aromatic N) is 4. The molecule has 0 amide bonds. The second-order valence-corrected chi connectivity index (χ2v) is 17.0. The fourth-order valence-electron chi connectivity index (χ4n) is 9.32. The molecule has 0 aliphatic heterocycles. The van der Waals surface area contributed by atoms with Gasteiger partial charge in [-0.3, -0.25) is 0 Å². The van der Waals surface area contributed by atoms with E-state index >= 15 is 0 Å². The smallest absolute Gasteiger partial charge is 0.164 e. The van der Waals surface area contributed by atoms with E-state index < -0.39 is 0 Å².